The molecule has 3 rings (SSSR count). The van der Waals surface area contributed by atoms with Crippen molar-refractivity contribution < 1.29 is 23.8 Å². The first kappa shape index (κ1) is 24.6. The zero-order valence-corrected chi connectivity index (χ0v) is 20.2. The summed E-state index contributed by atoms with van der Waals surface area (Å²) in [5.41, 5.74) is 2.47. The van der Waals surface area contributed by atoms with Crippen molar-refractivity contribution in [1.82, 2.24) is 9.88 Å². The number of carbonyl (C=O) groups is 2. The van der Waals surface area contributed by atoms with Gasteiger partial charge in [-0.15, -0.1) is 0 Å². The Morgan fingerprint density at radius 1 is 1.12 bits per heavy atom. The van der Waals surface area contributed by atoms with Crippen molar-refractivity contribution in [2.45, 2.75) is 71.6 Å². The molecule has 1 saturated heterocycles. The van der Waals surface area contributed by atoms with E-state index in [4.69, 9.17) is 19.2 Å². The van der Waals surface area contributed by atoms with E-state index in [2.05, 4.69) is 0 Å². The monoisotopic (exact) mass is 454 g/mol. The van der Waals surface area contributed by atoms with Crippen LogP contribution in [0.15, 0.2) is 36.4 Å². The highest BCUT2D eigenvalue weighted by molar-refractivity contribution is 5.92. The Balaban J connectivity index is 1.69. The van der Waals surface area contributed by atoms with Crippen molar-refractivity contribution in [3.05, 3.63) is 58.9 Å². The van der Waals surface area contributed by atoms with Crippen LogP contribution in [0.4, 0.5) is 4.79 Å². The summed E-state index contributed by atoms with van der Waals surface area (Å²) in [7, 11) is 1.35. The van der Waals surface area contributed by atoms with Crippen molar-refractivity contribution in [1.29, 1.82) is 0 Å². The number of ether oxygens (including phenoxy) is 3. The summed E-state index contributed by atoms with van der Waals surface area (Å²) in [6.45, 7) is 8.48. The summed E-state index contributed by atoms with van der Waals surface area (Å²) in [6, 6.07) is 11.3. The fraction of sp³-hybridized carbons (Fsp3) is 0.500. The molecule has 1 atom stereocenters. The number of benzene rings is 1. The van der Waals surface area contributed by atoms with Gasteiger partial charge in [0.15, 0.2) is 0 Å². The maximum atomic E-state index is 12.7. The number of amides is 1. The van der Waals surface area contributed by atoms with E-state index in [9.17, 15) is 9.59 Å². The minimum atomic E-state index is -0.520. The molecule has 0 spiro atoms. The Kier molecular flexibility index (Phi) is 7.95. The lowest BCUT2D eigenvalue weighted by Crippen LogP contribution is -2.47. The van der Waals surface area contributed by atoms with Gasteiger partial charge in [0.25, 0.3) is 0 Å². The Morgan fingerprint density at radius 2 is 1.88 bits per heavy atom. The fourth-order valence-electron chi connectivity index (χ4n) is 3.93. The molecule has 1 aliphatic heterocycles. The second-order valence-electron chi connectivity index (χ2n) is 9.43. The molecule has 1 unspecified atom stereocenters. The zero-order valence-electron chi connectivity index (χ0n) is 20.2. The molecule has 7 heteroatoms. The van der Waals surface area contributed by atoms with E-state index in [1.165, 1.54) is 7.11 Å². The van der Waals surface area contributed by atoms with Crippen molar-refractivity contribution in [2.24, 2.45) is 0 Å². The number of rotatable bonds is 6. The second kappa shape index (κ2) is 10.7. The van der Waals surface area contributed by atoms with E-state index in [1.807, 2.05) is 56.9 Å². The maximum absolute atomic E-state index is 12.7. The van der Waals surface area contributed by atoms with Crippen LogP contribution in [0, 0.1) is 6.92 Å². The highest BCUT2D eigenvalue weighted by Gasteiger charge is 2.30. The maximum Gasteiger partial charge on any atom is 0.410 e. The molecule has 1 aliphatic rings. The van der Waals surface area contributed by atoms with Crippen molar-refractivity contribution in [3.63, 3.8) is 0 Å². The predicted octanol–water partition coefficient (Wildman–Crippen LogP) is 5.09. The smallest absolute Gasteiger partial charge is 0.410 e. The lowest BCUT2D eigenvalue weighted by atomic mass is 9.98. The molecular formula is C26H34N2O5. The van der Waals surface area contributed by atoms with Gasteiger partial charge in [-0.05, 0) is 71.2 Å². The first-order valence-electron chi connectivity index (χ1n) is 11.4. The summed E-state index contributed by atoms with van der Waals surface area (Å²) >= 11 is 0. The molecule has 7 nitrogen and oxygen atoms in total. The molecule has 0 bridgehead atoms. The molecule has 0 saturated carbocycles. The fourth-order valence-corrected chi connectivity index (χ4v) is 3.93. The number of pyridine rings is 1. The Bertz CT molecular complexity index is 983. The van der Waals surface area contributed by atoms with Gasteiger partial charge in [-0.1, -0.05) is 17.7 Å². The molecule has 1 aromatic heterocycles. The van der Waals surface area contributed by atoms with E-state index in [0.717, 1.165) is 36.2 Å². The van der Waals surface area contributed by atoms with Crippen LogP contribution >= 0.6 is 0 Å². The van der Waals surface area contributed by atoms with Crippen molar-refractivity contribution in [2.75, 3.05) is 13.7 Å². The second-order valence-corrected chi connectivity index (χ2v) is 9.43. The average Bonchev–Trinajstić information content (AvgIpc) is 2.77. The standard InChI is InChI=1S/C26H34N2O5/c1-18-12-13-23(22(15-18)24(29)31-5)32-17-20-10-8-9-19(27-20)16-21-11-6-7-14-28(21)25(30)33-26(2,3)4/h8-10,12-13,15,21H,6-7,11,14,16-17H2,1-5H3. The van der Waals surface area contributed by atoms with Gasteiger partial charge in [0.1, 0.15) is 23.5 Å². The molecular weight excluding hydrogens is 420 g/mol. The number of piperidine rings is 1. The van der Waals surface area contributed by atoms with Gasteiger partial charge in [0.2, 0.25) is 0 Å². The number of nitrogens with zero attached hydrogens (tertiary/aromatic N) is 2. The van der Waals surface area contributed by atoms with Crippen molar-refractivity contribution >= 4 is 12.1 Å². The van der Waals surface area contributed by atoms with Crippen LogP contribution in [0.5, 0.6) is 5.75 Å². The Morgan fingerprint density at radius 3 is 2.61 bits per heavy atom. The van der Waals surface area contributed by atoms with Gasteiger partial charge in [-0.25, -0.2) is 9.59 Å². The number of aromatic nitrogens is 1. The molecule has 2 heterocycles. The third-order valence-electron chi connectivity index (χ3n) is 5.48. The van der Waals surface area contributed by atoms with E-state index < -0.39 is 11.6 Å². The Labute approximate surface area is 196 Å². The molecule has 0 radical (unpaired) electrons. The third-order valence-corrected chi connectivity index (χ3v) is 5.48. The normalized spacial score (nSPS) is 16.3. The molecule has 1 fully saturated rings. The van der Waals surface area contributed by atoms with Crippen LogP contribution in [0.3, 0.4) is 0 Å². The lowest BCUT2D eigenvalue weighted by Gasteiger charge is -2.36. The molecule has 1 aromatic carbocycles. The minimum absolute atomic E-state index is 0.0558. The predicted molar refractivity (Wildman–Crippen MR) is 125 cm³/mol. The highest BCUT2D eigenvalue weighted by Crippen LogP contribution is 2.24. The summed E-state index contributed by atoms with van der Waals surface area (Å²) in [5, 5.41) is 0. The lowest BCUT2D eigenvalue weighted by molar-refractivity contribution is 0.00982. The van der Waals surface area contributed by atoms with Crippen molar-refractivity contribution in [3.8, 4) is 5.75 Å². The first-order valence-corrected chi connectivity index (χ1v) is 11.4. The number of likely N-dealkylation sites (tertiary alicyclic amines) is 1. The third kappa shape index (κ3) is 6.94. The summed E-state index contributed by atoms with van der Waals surface area (Å²) in [5.74, 6) is 0.0259. The SMILES string of the molecule is COC(=O)c1cc(C)ccc1OCc1cccc(CC2CCCCN2C(=O)OC(C)(C)C)n1. The number of aryl methyl sites for hydroxylation is 1. The number of methoxy groups -OCH3 is 1. The van der Waals surface area contributed by atoms with Crippen LogP contribution in [-0.4, -0.2) is 47.2 Å². The van der Waals surface area contributed by atoms with Gasteiger partial charge in [-0.2, -0.15) is 0 Å². The minimum Gasteiger partial charge on any atom is -0.486 e. The largest absolute Gasteiger partial charge is 0.486 e. The average molecular weight is 455 g/mol. The zero-order chi connectivity index (χ0) is 24.0. The van der Waals surface area contributed by atoms with Gasteiger partial charge in [0, 0.05) is 24.7 Å². The van der Waals surface area contributed by atoms with Crippen LogP contribution in [0.1, 0.15) is 67.3 Å². The van der Waals surface area contributed by atoms with E-state index >= 15 is 0 Å². The number of esters is 1. The van der Waals surface area contributed by atoms with Gasteiger partial charge < -0.3 is 19.1 Å². The quantitative estimate of drug-likeness (QED) is 0.566. The molecule has 1 amide bonds. The van der Waals surface area contributed by atoms with Gasteiger partial charge >= 0.3 is 12.1 Å². The summed E-state index contributed by atoms with van der Waals surface area (Å²) in [6.07, 6.45) is 3.38. The molecule has 2 aromatic rings. The molecule has 0 N–H and O–H groups in total. The number of hydrogen-bond acceptors (Lipinski definition) is 6. The highest BCUT2D eigenvalue weighted by atomic mass is 16.6. The van der Waals surface area contributed by atoms with E-state index in [0.29, 0.717) is 24.3 Å². The number of hydrogen-bond donors (Lipinski definition) is 0. The van der Waals surface area contributed by atoms with Gasteiger partial charge in [0.05, 0.1) is 12.8 Å². The van der Waals surface area contributed by atoms with Crippen LogP contribution in [0.2, 0.25) is 0 Å². The molecule has 0 aliphatic carbocycles. The topological polar surface area (TPSA) is 78.0 Å². The van der Waals surface area contributed by atoms with Crippen LogP contribution < -0.4 is 4.74 Å². The van der Waals surface area contributed by atoms with E-state index in [1.54, 1.807) is 12.1 Å². The van der Waals surface area contributed by atoms with Crippen LogP contribution in [0.25, 0.3) is 0 Å². The Hall–Kier alpha value is -3.09. The number of carbonyl (C=O) groups excluding carboxylic acids is 2. The molecule has 178 valence electrons. The summed E-state index contributed by atoms with van der Waals surface area (Å²) in [4.78, 5) is 31.4. The van der Waals surface area contributed by atoms with Gasteiger partial charge in [-0.3, -0.25) is 4.98 Å². The molecule has 33 heavy (non-hydrogen) atoms. The summed E-state index contributed by atoms with van der Waals surface area (Å²) < 4.78 is 16.4. The van der Waals surface area contributed by atoms with Crippen LogP contribution in [-0.2, 0) is 22.5 Å². The van der Waals surface area contributed by atoms with E-state index in [-0.39, 0.29) is 18.7 Å². The first-order chi connectivity index (χ1) is 15.7.